The predicted molar refractivity (Wildman–Crippen MR) is 68.2 cm³/mol. The third-order valence-electron chi connectivity index (χ3n) is 3.08. The van der Waals surface area contributed by atoms with Crippen LogP contribution in [0.4, 0.5) is 0 Å². The molecule has 1 N–H and O–H groups in total. The van der Waals surface area contributed by atoms with Crippen molar-refractivity contribution in [3.63, 3.8) is 0 Å². The van der Waals surface area contributed by atoms with E-state index >= 15 is 0 Å². The van der Waals surface area contributed by atoms with E-state index in [1.165, 1.54) is 0 Å². The van der Waals surface area contributed by atoms with Gasteiger partial charge in [0.25, 0.3) is 0 Å². The van der Waals surface area contributed by atoms with Crippen molar-refractivity contribution in [2.45, 2.75) is 57.6 Å². The van der Waals surface area contributed by atoms with Crippen molar-refractivity contribution < 1.29 is 14.3 Å². The summed E-state index contributed by atoms with van der Waals surface area (Å²) in [6, 6.07) is 0. The van der Waals surface area contributed by atoms with Gasteiger partial charge in [-0.05, 0) is 18.5 Å². The molecule has 0 saturated carbocycles. The van der Waals surface area contributed by atoms with Crippen LogP contribution in [0.2, 0.25) is 11.6 Å². The maximum atomic E-state index is 9.73. The Morgan fingerprint density at radius 2 is 2.00 bits per heavy atom. The molecule has 0 aromatic heterocycles. The maximum Gasteiger partial charge on any atom is 0.179 e. The Morgan fingerprint density at radius 1 is 1.38 bits per heavy atom. The molecule has 0 radical (unpaired) electrons. The average molecular weight is 244 g/mol. The van der Waals surface area contributed by atoms with Gasteiger partial charge < -0.3 is 14.3 Å². The second kappa shape index (κ2) is 5.45. The van der Waals surface area contributed by atoms with E-state index in [0.717, 1.165) is 0 Å². The summed E-state index contributed by atoms with van der Waals surface area (Å²) >= 11 is 0. The van der Waals surface area contributed by atoms with Crippen LogP contribution in [0.25, 0.3) is 0 Å². The van der Waals surface area contributed by atoms with Gasteiger partial charge in [0.05, 0.1) is 12.7 Å². The molecule has 1 aliphatic rings. The zero-order valence-electron chi connectivity index (χ0n) is 10.9. The van der Waals surface area contributed by atoms with Crippen molar-refractivity contribution in [1.82, 2.24) is 0 Å². The number of ether oxygens (including phenoxy) is 1. The normalized spacial score (nSPS) is 32.8. The molecule has 0 spiro atoms. The Labute approximate surface area is 100 Å². The minimum absolute atomic E-state index is 0.0728. The van der Waals surface area contributed by atoms with Crippen molar-refractivity contribution in [3.05, 3.63) is 12.2 Å². The van der Waals surface area contributed by atoms with Gasteiger partial charge in [-0.3, -0.25) is 0 Å². The lowest BCUT2D eigenvalue weighted by Gasteiger charge is -2.31. The summed E-state index contributed by atoms with van der Waals surface area (Å²) in [5, 5.41) is 9.98. The van der Waals surface area contributed by atoms with E-state index in [4.69, 9.17) is 9.16 Å². The third-order valence-corrected chi connectivity index (χ3v) is 6.21. The van der Waals surface area contributed by atoms with Crippen molar-refractivity contribution in [1.29, 1.82) is 0 Å². The van der Waals surface area contributed by atoms with Crippen LogP contribution in [0.5, 0.6) is 0 Å². The molecule has 1 rings (SSSR count). The molecule has 0 aromatic carbocycles. The Hall–Kier alpha value is -0.163. The van der Waals surface area contributed by atoms with E-state index in [2.05, 4.69) is 27.3 Å². The SMILES string of the molecule is C[C@@H]1C=C[C@H](O)[C@@H](CO[SiH](C)C(C)(C)C)O1. The van der Waals surface area contributed by atoms with Gasteiger partial charge in [0.15, 0.2) is 9.04 Å². The van der Waals surface area contributed by atoms with Crippen LogP contribution in [-0.2, 0) is 9.16 Å². The molecule has 4 atom stereocenters. The molecule has 0 saturated heterocycles. The Bertz CT molecular complexity index is 247. The number of rotatable bonds is 3. The van der Waals surface area contributed by atoms with Crippen LogP contribution >= 0.6 is 0 Å². The fraction of sp³-hybridized carbons (Fsp3) is 0.833. The first kappa shape index (κ1) is 13.9. The first-order valence-corrected chi connectivity index (χ1v) is 8.14. The molecule has 0 amide bonds. The van der Waals surface area contributed by atoms with Gasteiger partial charge >= 0.3 is 0 Å². The summed E-state index contributed by atoms with van der Waals surface area (Å²) in [6.45, 7) is 11.3. The summed E-state index contributed by atoms with van der Waals surface area (Å²) in [4.78, 5) is 0. The third kappa shape index (κ3) is 4.01. The summed E-state index contributed by atoms with van der Waals surface area (Å²) < 4.78 is 11.5. The molecule has 94 valence electrons. The molecule has 1 aliphatic heterocycles. The molecule has 0 aromatic rings. The molecule has 0 bridgehead atoms. The fourth-order valence-electron chi connectivity index (χ4n) is 1.42. The van der Waals surface area contributed by atoms with Gasteiger partial charge in [-0.1, -0.05) is 32.9 Å². The standard InChI is InChI=1S/C12H24O3Si/c1-9-6-7-10(13)11(15-9)8-14-16(5)12(2,3)4/h6-7,9-11,13,16H,8H2,1-5H3/t9-,10+,11-,16?/m1/s1. The maximum absolute atomic E-state index is 9.73. The summed E-state index contributed by atoms with van der Waals surface area (Å²) in [5.41, 5.74) is 0. The van der Waals surface area contributed by atoms with E-state index in [-0.39, 0.29) is 17.2 Å². The van der Waals surface area contributed by atoms with Gasteiger partial charge in [-0.15, -0.1) is 0 Å². The lowest BCUT2D eigenvalue weighted by molar-refractivity contribution is -0.0699. The van der Waals surface area contributed by atoms with Crippen LogP contribution in [-0.4, -0.2) is 39.1 Å². The number of aliphatic hydroxyl groups is 1. The van der Waals surface area contributed by atoms with Crippen molar-refractivity contribution in [3.8, 4) is 0 Å². The molecule has 0 aliphatic carbocycles. The highest BCUT2D eigenvalue weighted by atomic mass is 28.3. The van der Waals surface area contributed by atoms with E-state index in [0.29, 0.717) is 6.61 Å². The zero-order valence-corrected chi connectivity index (χ0v) is 12.1. The molecule has 4 heteroatoms. The largest absolute Gasteiger partial charge is 0.417 e. The van der Waals surface area contributed by atoms with Crippen LogP contribution in [0, 0.1) is 0 Å². The van der Waals surface area contributed by atoms with Gasteiger partial charge in [-0.2, -0.15) is 0 Å². The Kier molecular flexibility index (Phi) is 4.73. The minimum Gasteiger partial charge on any atom is -0.417 e. The topological polar surface area (TPSA) is 38.7 Å². The second-order valence-corrected chi connectivity index (χ2v) is 8.95. The monoisotopic (exact) mass is 244 g/mol. The lowest BCUT2D eigenvalue weighted by atomic mass is 10.1. The number of aliphatic hydroxyl groups excluding tert-OH is 1. The van der Waals surface area contributed by atoms with Gasteiger partial charge in [0.1, 0.15) is 12.2 Å². The van der Waals surface area contributed by atoms with Crippen LogP contribution in [0.1, 0.15) is 27.7 Å². The first-order chi connectivity index (χ1) is 7.30. The van der Waals surface area contributed by atoms with Crippen LogP contribution in [0.15, 0.2) is 12.2 Å². The summed E-state index contributed by atoms with van der Waals surface area (Å²) in [7, 11) is -1.22. The average Bonchev–Trinajstić information content (AvgIpc) is 2.17. The van der Waals surface area contributed by atoms with Crippen molar-refractivity contribution >= 4 is 9.04 Å². The Balaban J connectivity index is 2.41. The quantitative estimate of drug-likeness (QED) is 0.608. The minimum atomic E-state index is -1.22. The highest BCUT2D eigenvalue weighted by Crippen LogP contribution is 2.27. The van der Waals surface area contributed by atoms with Crippen molar-refractivity contribution in [2.75, 3.05) is 6.61 Å². The zero-order chi connectivity index (χ0) is 12.3. The van der Waals surface area contributed by atoms with Crippen LogP contribution in [0.3, 0.4) is 0 Å². The first-order valence-electron chi connectivity index (χ1n) is 5.94. The second-order valence-electron chi connectivity index (χ2n) is 5.60. The molecule has 16 heavy (non-hydrogen) atoms. The van der Waals surface area contributed by atoms with Gasteiger partial charge in [0, 0.05) is 0 Å². The van der Waals surface area contributed by atoms with E-state index < -0.39 is 15.1 Å². The van der Waals surface area contributed by atoms with Crippen molar-refractivity contribution in [2.24, 2.45) is 0 Å². The fourth-order valence-corrected chi connectivity index (χ4v) is 2.40. The molecule has 3 nitrogen and oxygen atoms in total. The smallest absolute Gasteiger partial charge is 0.179 e. The number of hydrogen-bond donors (Lipinski definition) is 1. The molecular weight excluding hydrogens is 220 g/mol. The van der Waals surface area contributed by atoms with E-state index in [9.17, 15) is 5.11 Å². The van der Waals surface area contributed by atoms with Crippen LogP contribution < -0.4 is 0 Å². The van der Waals surface area contributed by atoms with E-state index in [1.54, 1.807) is 6.08 Å². The Morgan fingerprint density at radius 3 is 2.56 bits per heavy atom. The molecule has 1 unspecified atom stereocenters. The summed E-state index contributed by atoms with van der Waals surface area (Å²) in [6.07, 6.45) is 3.01. The van der Waals surface area contributed by atoms with Gasteiger partial charge in [-0.25, -0.2) is 0 Å². The molecule has 0 fully saturated rings. The predicted octanol–water partition coefficient (Wildman–Crippen LogP) is 1.86. The highest BCUT2D eigenvalue weighted by molar-refractivity contribution is 6.53. The lowest BCUT2D eigenvalue weighted by Crippen LogP contribution is -2.40. The van der Waals surface area contributed by atoms with Gasteiger partial charge in [0.2, 0.25) is 0 Å². The van der Waals surface area contributed by atoms with E-state index in [1.807, 2.05) is 13.0 Å². The number of hydrogen-bond acceptors (Lipinski definition) is 3. The molecule has 1 heterocycles. The highest BCUT2D eigenvalue weighted by Gasteiger charge is 2.28. The summed E-state index contributed by atoms with van der Waals surface area (Å²) in [5.74, 6) is 0. The molecular formula is C12H24O3Si.